The van der Waals surface area contributed by atoms with Crippen molar-refractivity contribution < 1.29 is 4.79 Å². The number of anilines is 1. The summed E-state index contributed by atoms with van der Waals surface area (Å²) in [4.78, 5) is 23.1. The Balaban J connectivity index is 0.00000289. The Labute approximate surface area is 223 Å². The minimum Gasteiger partial charge on any atom is -0.330 e. The van der Waals surface area contributed by atoms with Gasteiger partial charge in [0, 0.05) is 24.9 Å². The van der Waals surface area contributed by atoms with Gasteiger partial charge in [0.05, 0.1) is 5.54 Å². The third kappa shape index (κ3) is 5.71. The van der Waals surface area contributed by atoms with Gasteiger partial charge >= 0.3 is 0 Å². The highest BCUT2D eigenvalue weighted by Crippen LogP contribution is 2.57. The Morgan fingerprint density at radius 2 is 1.63 bits per heavy atom. The Morgan fingerprint density at radius 3 is 2.17 bits per heavy atom. The predicted octanol–water partition coefficient (Wildman–Crippen LogP) is 7.30. The Morgan fingerprint density at radius 1 is 1.03 bits per heavy atom. The van der Waals surface area contributed by atoms with Crippen molar-refractivity contribution in [3.63, 3.8) is 0 Å². The molecule has 6 rings (SSSR count). The van der Waals surface area contributed by atoms with Crippen molar-refractivity contribution in [2.45, 2.75) is 103 Å². The van der Waals surface area contributed by atoms with Crippen LogP contribution in [0.4, 0.5) is 5.69 Å². The van der Waals surface area contributed by atoms with E-state index in [4.69, 9.17) is 4.99 Å². The lowest BCUT2D eigenvalue weighted by Gasteiger charge is -2.55. The molecule has 1 saturated heterocycles. The molecule has 4 nitrogen and oxygen atoms in total. The number of nitrogens with zero attached hydrogens (tertiary/aromatic N) is 3. The largest absolute Gasteiger partial charge is 0.330 e. The number of aliphatic imine (C=N–C) groups is 1. The van der Waals surface area contributed by atoms with Crippen molar-refractivity contribution in [1.29, 1.82) is 0 Å². The highest BCUT2D eigenvalue weighted by atomic mass is 35.5. The average Bonchev–Trinajstić information content (AvgIpc) is 3.17. The van der Waals surface area contributed by atoms with Crippen LogP contribution in [0.25, 0.3) is 0 Å². The van der Waals surface area contributed by atoms with Gasteiger partial charge < -0.3 is 4.90 Å². The molecule has 0 spiro atoms. The molecule has 5 fully saturated rings. The van der Waals surface area contributed by atoms with Gasteiger partial charge in [0.2, 0.25) is 5.91 Å². The number of aryl methyl sites for hydroxylation is 1. The molecule has 1 heterocycles. The Kier molecular flexibility index (Phi) is 8.79. The molecule has 6 heteroatoms. The lowest BCUT2D eigenvalue weighted by Crippen LogP contribution is -2.52. The van der Waals surface area contributed by atoms with Crippen LogP contribution in [0.15, 0.2) is 29.3 Å². The minimum atomic E-state index is 0. The standard InChI is InChI=1S/C29H43N3OS.ClH/c1-4-6-8-22-9-11-26(12-10-22)32(21(3)33)27-20-34-28(31(27)13-7-5-2)30-29-17-23-14-24(18-29)16-25(15-23)19-29;/h9-12,23-25,27H,4-8,13-20H2,1-3H3;1H. The van der Waals surface area contributed by atoms with E-state index in [2.05, 4.69) is 43.0 Å². The van der Waals surface area contributed by atoms with Crippen LogP contribution >= 0.6 is 24.2 Å². The molecule has 0 radical (unpaired) electrons. The number of thioether (sulfide) groups is 1. The zero-order valence-corrected chi connectivity index (χ0v) is 23.5. The van der Waals surface area contributed by atoms with Gasteiger partial charge in [-0.15, -0.1) is 12.4 Å². The van der Waals surface area contributed by atoms with Crippen molar-refractivity contribution in [3.8, 4) is 0 Å². The summed E-state index contributed by atoms with van der Waals surface area (Å²) in [5, 5.41) is 1.21. The number of hydrogen-bond donors (Lipinski definition) is 0. The lowest BCUT2D eigenvalue weighted by atomic mass is 9.53. The van der Waals surface area contributed by atoms with E-state index >= 15 is 0 Å². The second kappa shape index (κ2) is 11.5. The number of carbonyl (C=O) groups is 1. The van der Waals surface area contributed by atoms with E-state index in [1.807, 2.05) is 16.7 Å². The molecule has 35 heavy (non-hydrogen) atoms. The smallest absolute Gasteiger partial charge is 0.225 e. The fourth-order valence-electron chi connectivity index (χ4n) is 7.51. The van der Waals surface area contributed by atoms with Crippen LogP contribution in [-0.4, -0.2) is 40.0 Å². The zero-order valence-electron chi connectivity index (χ0n) is 21.9. The Bertz CT molecular complexity index is 866. The van der Waals surface area contributed by atoms with Crippen LogP contribution in [0.3, 0.4) is 0 Å². The molecular formula is C29H44ClN3OS. The molecule has 4 bridgehead atoms. The Hall–Kier alpha value is -1.20. The first-order chi connectivity index (χ1) is 16.5. The van der Waals surface area contributed by atoms with Gasteiger partial charge in [-0.25, -0.2) is 0 Å². The summed E-state index contributed by atoms with van der Waals surface area (Å²) >= 11 is 1.89. The number of hydrogen-bond acceptors (Lipinski definition) is 3. The number of carbonyl (C=O) groups excluding carboxylic acids is 1. The fourth-order valence-corrected chi connectivity index (χ4v) is 8.77. The molecule has 0 N–H and O–H groups in total. The van der Waals surface area contributed by atoms with E-state index in [1.54, 1.807) is 6.92 Å². The van der Waals surface area contributed by atoms with Crippen LogP contribution in [0, 0.1) is 17.8 Å². The number of unbranched alkanes of at least 4 members (excludes halogenated alkanes) is 2. The van der Waals surface area contributed by atoms with E-state index < -0.39 is 0 Å². The van der Waals surface area contributed by atoms with E-state index in [-0.39, 0.29) is 30.0 Å². The van der Waals surface area contributed by atoms with Crippen molar-refractivity contribution >= 4 is 40.9 Å². The predicted molar refractivity (Wildman–Crippen MR) is 152 cm³/mol. The summed E-state index contributed by atoms with van der Waals surface area (Å²) in [5.41, 5.74) is 2.57. The normalized spacial score (nSPS) is 32.2. The maximum atomic E-state index is 13.0. The summed E-state index contributed by atoms with van der Waals surface area (Å²) < 4.78 is 0. The maximum Gasteiger partial charge on any atom is 0.225 e. The fraction of sp³-hybridized carbons (Fsp3) is 0.724. The van der Waals surface area contributed by atoms with Crippen LogP contribution < -0.4 is 4.90 Å². The molecule has 194 valence electrons. The molecule has 5 aliphatic rings. The van der Waals surface area contributed by atoms with E-state index in [1.165, 1.54) is 62.1 Å². The molecule has 1 atom stereocenters. The third-order valence-corrected chi connectivity index (χ3v) is 9.78. The van der Waals surface area contributed by atoms with E-state index in [0.29, 0.717) is 0 Å². The average molecular weight is 518 g/mol. The second-order valence-electron chi connectivity index (χ2n) is 11.5. The van der Waals surface area contributed by atoms with Crippen LogP contribution in [0.2, 0.25) is 0 Å². The third-order valence-electron chi connectivity index (χ3n) is 8.73. The molecule has 1 unspecified atom stereocenters. The highest BCUT2D eigenvalue weighted by molar-refractivity contribution is 8.14. The topological polar surface area (TPSA) is 35.9 Å². The van der Waals surface area contributed by atoms with Crippen molar-refractivity contribution in [2.75, 3.05) is 17.2 Å². The van der Waals surface area contributed by atoms with Gasteiger partial charge in [0.1, 0.15) is 6.17 Å². The lowest BCUT2D eigenvalue weighted by molar-refractivity contribution is -0.117. The van der Waals surface area contributed by atoms with Gasteiger partial charge in [0.25, 0.3) is 0 Å². The molecule has 4 saturated carbocycles. The molecule has 1 amide bonds. The first kappa shape index (κ1) is 26.9. The van der Waals surface area contributed by atoms with Gasteiger partial charge in [-0.2, -0.15) is 0 Å². The van der Waals surface area contributed by atoms with Gasteiger partial charge in [0.15, 0.2) is 5.17 Å². The zero-order chi connectivity index (χ0) is 23.7. The molecular weight excluding hydrogens is 474 g/mol. The molecule has 1 aromatic carbocycles. The molecule has 0 aromatic heterocycles. The number of rotatable bonds is 9. The highest BCUT2D eigenvalue weighted by Gasteiger charge is 2.52. The number of halogens is 1. The van der Waals surface area contributed by atoms with E-state index in [0.717, 1.165) is 55.0 Å². The number of amides is 1. The quantitative estimate of drug-likeness (QED) is 0.344. The summed E-state index contributed by atoms with van der Waals surface area (Å²) in [6, 6.07) is 8.74. The van der Waals surface area contributed by atoms with Gasteiger partial charge in [-0.3, -0.25) is 14.7 Å². The van der Waals surface area contributed by atoms with Crippen LogP contribution in [0.1, 0.15) is 90.5 Å². The summed E-state index contributed by atoms with van der Waals surface area (Å²) in [6.45, 7) is 7.20. The number of amidine groups is 1. The summed E-state index contributed by atoms with van der Waals surface area (Å²) in [5.74, 6) is 3.75. The minimum absolute atomic E-state index is 0. The van der Waals surface area contributed by atoms with Gasteiger partial charge in [-0.05, 0) is 93.2 Å². The molecule has 1 aliphatic heterocycles. The summed E-state index contributed by atoms with van der Waals surface area (Å²) in [6.07, 6.45) is 14.1. The first-order valence-electron chi connectivity index (χ1n) is 13.9. The SMILES string of the molecule is CCCCc1ccc(N(C(C)=O)C2CSC(=NC34CC5CC(CC(C5)C3)C4)N2CCCC)cc1.Cl. The van der Waals surface area contributed by atoms with Gasteiger partial charge in [-0.1, -0.05) is 50.6 Å². The molecule has 1 aromatic rings. The van der Waals surface area contributed by atoms with E-state index in [9.17, 15) is 4.79 Å². The summed E-state index contributed by atoms with van der Waals surface area (Å²) in [7, 11) is 0. The maximum absolute atomic E-state index is 13.0. The molecule has 4 aliphatic carbocycles. The van der Waals surface area contributed by atoms with Crippen LogP contribution in [0.5, 0.6) is 0 Å². The second-order valence-corrected chi connectivity index (χ2v) is 12.5. The van der Waals surface area contributed by atoms with Crippen molar-refractivity contribution in [3.05, 3.63) is 29.8 Å². The van der Waals surface area contributed by atoms with Crippen molar-refractivity contribution in [2.24, 2.45) is 22.7 Å². The number of benzene rings is 1. The van der Waals surface area contributed by atoms with Crippen molar-refractivity contribution in [1.82, 2.24) is 4.90 Å². The van der Waals surface area contributed by atoms with Crippen LogP contribution in [-0.2, 0) is 11.2 Å². The first-order valence-corrected chi connectivity index (χ1v) is 14.9. The monoisotopic (exact) mass is 517 g/mol.